The van der Waals surface area contributed by atoms with Crippen LogP contribution in [0.3, 0.4) is 0 Å². The van der Waals surface area contributed by atoms with Crippen LogP contribution < -0.4 is 0 Å². The van der Waals surface area contributed by atoms with Crippen molar-refractivity contribution in [3.63, 3.8) is 0 Å². The van der Waals surface area contributed by atoms with E-state index in [0.29, 0.717) is 0 Å². The first-order chi connectivity index (χ1) is 6.34. The van der Waals surface area contributed by atoms with Gasteiger partial charge in [0.1, 0.15) is 0 Å². The maximum Gasteiger partial charge on any atom is 0.259 e. The minimum atomic E-state index is -1.10. The van der Waals surface area contributed by atoms with Crippen molar-refractivity contribution in [1.29, 1.82) is 0 Å². The smallest absolute Gasteiger partial charge is 0.259 e. The van der Waals surface area contributed by atoms with E-state index >= 15 is 0 Å². The molecule has 1 N–H and O–H groups in total. The molecule has 0 aromatic rings. The molecule has 1 aliphatic heterocycles. The normalized spacial score (nSPS) is 26.7. The van der Waals surface area contributed by atoms with Crippen LogP contribution in [-0.2, 0) is 9.53 Å². The Hall–Kier alpha value is -0.610. The van der Waals surface area contributed by atoms with Crippen LogP contribution in [0.25, 0.3) is 0 Å². The summed E-state index contributed by atoms with van der Waals surface area (Å²) >= 11 is 0. The fourth-order valence-corrected chi connectivity index (χ4v) is 2.11. The van der Waals surface area contributed by atoms with Gasteiger partial charge >= 0.3 is 0 Å². The zero-order valence-electron chi connectivity index (χ0n) is 9.44. The average molecular weight is 201 g/mol. The van der Waals surface area contributed by atoms with Crippen molar-refractivity contribution in [2.75, 3.05) is 7.05 Å². The summed E-state index contributed by atoms with van der Waals surface area (Å²) in [6.07, 6.45) is -1.10. The van der Waals surface area contributed by atoms with Gasteiger partial charge in [-0.15, -0.1) is 0 Å². The number of aliphatic hydroxyl groups excluding tert-OH is 1. The molecule has 0 aromatic carbocycles. The largest absolute Gasteiger partial charge is 0.351 e. The molecule has 14 heavy (non-hydrogen) atoms. The number of carbonyl (C=O) groups excluding carboxylic acids is 1. The van der Waals surface area contributed by atoms with Gasteiger partial charge in [-0.2, -0.15) is 0 Å². The first-order valence-corrected chi connectivity index (χ1v) is 4.97. The Kier molecular flexibility index (Phi) is 2.88. The van der Waals surface area contributed by atoms with Gasteiger partial charge in [0.05, 0.1) is 0 Å². The number of likely N-dealkylation sites (N-methyl/N-ethyl adjacent to an activating group) is 1. The van der Waals surface area contributed by atoms with Crippen molar-refractivity contribution in [3.05, 3.63) is 0 Å². The summed E-state index contributed by atoms with van der Waals surface area (Å²) in [5.74, 6) is -0.0285. The number of rotatable bonds is 2. The lowest BCUT2D eigenvalue weighted by molar-refractivity contribution is -0.195. The Morgan fingerprint density at radius 1 is 1.36 bits per heavy atom. The molecule has 0 spiro atoms. The topological polar surface area (TPSA) is 49.8 Å². The van der Waals surface area contributed by atoms with Gasteiger partial charge in [0.25, 0.3) is 5.91 Å². The van der Waals surface area contributed by atoms with Crippen LogP contribution in [0.1, 0.15) is 27.7 Å². The fraction of sp³-hybridized carbons (Fsp3) is 0.900. The molecule has 4 heteroatoms. The van der Waals surface area contributed by atoms with Crippen LogP contribution in [0, 0.1) is 11.8 Å². The van der Waals surface area contributed by atoms with Crippen LogP contribution in [0.2, 0.25) is 0 Å². The average Bonchev–Trinajstić information content (AvgIpc) is 2.30. The van der Waals surface area contributed by atoms with E-state index in [4.69, 9.17) is 4.74 Å². The van der Waals surface area contributed by atoms with Crippen molar-refractivity contribution in [2.24, 2.45) is 11.8 Å². The summed E-state index contributed by atoms with van der Waals surface area (Å²) in [5.41, 5.74) is -0.867. The number of amides is 1. The Bertz CT molecular complexity index is 230. The molecular formula is C10H19NO3. The van der Waals surface area contributed by atoms with Crippen LogP contribution in [-0.4, -0.2) is 35.0 Å². The van der Waals surface area contributed by atoms with Crippen molar-refractivity contribution in [1.82, 2.24) is 4.90 Å². The molecular weight excluding hydrogens is 182 g/mol. The lowest BCUT2D eigenvalue weighted by Gasteiger charge is -2.33. The predicted molar refractivity (Wildman–Crippen MR) is 52.3 cm³/mol. The van der Waals surface area contributed by atoms with Gasteiger partial charge in [-0.3, -0.25) is 9.69 Å². The van der Waals surface area contributed by atoms with Gasteiger partial charge in [-0.05, 0) is 11.8 Å². The standard InChI is InChI=1S/C10H19NO3/c1-6(2)10(7(3)4)8(12)11(5)9(13)14-10/h6-7,9,13H,1-5H3. The quantitative estimate of drug-likeness (QED) is 0.719. The first kappa shape index (κ1) is 11.5. The molecule has 1 amide bonds. The summed E-state index contributed by atoms with van der Waals surface area (Å²) in [7, 11) is 1.56. The second-order valence-electron chi connectivity index (χ2n) is 4.46. The SMILES string of the molecule is CC(C)C1(C(C)C)OC(O)N(C)C1=O. The molecule has 0 aromatic heterocycles. The highest BCUT2D eigenvalue weighted by Gasteiger charge is 2.55. The molecule has 0 radical (unpaired) electrons. The summed E-state index contributed by atoms with van der Waals surface area (Å²) in [6.45, 7) is 7.74. The van der Waals surface area contributed by atoms with Crippen molar-refractivity contribution in [3.8, 4) is 0 Å². The number of hydrogen-bond donors (Lipinski definition) is 1. The Morgan fingerprint density at radius 2 is 1.79 bits per heavy atom. The van der Waals surface area contributed by atoms with Gasteiger partial charge in [0.2, 0.25) is 6.41 Å². The lowest BCUT2D eigenvalue weighted by atomic mass is 9.80. The number of nitrogens with zero attached hydrogens (tertiary/aromatic N) is 1. The Labute approximate surface area is 84.8 Å². The fourth-order valence-electron chi connectivity index (χ4n) is 2.11. The third kappa shape index (κ3) is 1.33. The van der Waals surface area contributed by atoms with Crippen molar-refractivity contribution in [2.45, 2.75) is 39.7 Å². The summed E-state index contributed by atoms with van der Waals surface area (Å²) < 4.78 is 5.43. The zero-order valence-corrected chi connectivity index (χ0v) is 9.44. The first-order valence-electron chi connectivity index (χ1n) is 4.97. The summed E-state index contributed by atoms with van der Waals surface area (Å²) in [4.78, 5) is 13.2. The molecule has 1 aliphatic rings. The van der Waals surface area contributed by atoms with E-state index in [1.165, 1.54) is 4.90 Å². The number of aliphatic hydroxyl groups is 1. The van der Waals surface area contributed by atoms with Crippen LogP contribution >= 0.6 is 0 Å². The summed E-state index contributed by atoms with van der Waals surface area (Å²) in [6, 6.07) is 0. The third-order valence-corrected chi connectivity index (χ3v) is 3.00. The molecule has 0 aliphatic carbocycles. The van der Waals surface area contributed by atoms with E-state index in [-0.39, 0.29) is 17.7 Å². The van der Waals surface area contributed by atoms with E-state index < -0.39 is 12.0 Å². The summed E-state index contributed by atoms with van der Waals surface area (Å²) in [5, 5.41) is 9.48. The second-order valence-corrected chi connectivity index (χ2v) is 4.46. The monoisotopic (exact) mass is 201 g/mol. The van der Waals surface area contributed by atoms with Crippen molar-refractivity contribution >= 4 is 5.91 Å². The van der Waals surface area contributed by atoms with Gasteiger partial charge in [0.15, 0.2) is 5.60 Å². The van der Waals surface area contributed by atoms with Gasteiger partial charge < -0.3 is 9.84 Å². The van der Waals surface area contributed by atoms with E-state index in [0.717, 1.165) is 0 Å². The highest BCUT2D eigenvalue weighted by atomic mass is 16.7. The van der Waals surface area contributed by atoms with Crippen LogP contribution in [0.15, 0.2) is 0 Å². The number of carbonyl (C=O) groups is 1. The highest BCUT2D eigenvalue weighted by Crippen LogP contribution is 2.38. The number of hydrogen-bond acceptors (Lipinski definition) is 3. The Balaban J connectivity index is 3.08. The van der Waals surface area contributed by atoms with Crippen LogP contribution in [0.4, 0.5) is 0 Å². The molecule has 1 fully saturated rings. The molecule has 0 bridgehead atoms. The van der Waals surface area contributed by atoms with Gasteiger partial charge in [-0.25, -0.2) is 0 Å². The molecule has 1 unspecified atom stereocenters. The van der Waals surface area contributed by atoms with Crippen LogP contribution in [0.5, 0.6) is 0 Å². The molecule has 1 heterocycles. The van der Waals surface area contributed by atoms with E-state index in [2.05, 4.69) is 0 Å². The minimum absolute atomic E-state index is 0.0506. The predicted octanol–water partition coefficient (Wildman–Crippen LogP) is 0.802. The van der Waals surface area contributed by atoms with Gasteiger partial charge in [0, 0.05) is 7.05 Å². The molecule has 1 saturated heterocycles. The van der Waals surface area contributed by atoms with Crippen molar-refractivity contribution < 1.29 is 14.6 Å². The Morgan fingerprint density at radius 3 is 1.93 bits per heavy atom. The van der Waals surface area contributed by atoms with E-state index in [1.807, 2.05) is 27.7 Å². The molecule has 1 rings (SSSR count). The molecule has 0 saturated carbocycles. The molecule has 1 atom stereocenters. The van der Waals surface area contributed by atoms with E-state index in [9.17, 15) is 9.90 Å². The lowest BCUT2D eigenvalue weighted by Crippen LogP contribution is -2.48. The maximum atomic E-state index is 12.0. The van der Waals surface area contributed by atoms with Gasteiger partial charge in [-0.1, -0.05) is 27.7 Å². The van der Waals surface area contributed by atoms with E-state index in [1.54, 1.807) is 7.05 Å². The minimum Gasteiger partial charge on any atom is -0.351 e. The zero-order chi connectivity index (χ0) is 11.1. The maximum absolute atomic E-state index is 12.0. The number of ether oxygens (including phenoxy) is 1. The highest BCUT2D eigenvalue weighted by molar-refractivity contribution is 5.87. The molecule has 4 nitrogen and oxygen atoms in total. The second kappa shape index (κ2) is 3.51. The third-order valence-electron chi connectivity index (χ3n) is 3.00. The molecule has 82 valence electrons.